The van der Waals surface area contributed by atoms with Gasteiger partial charge in [-0.1, -0.05) is 13.8 Å². The summed E-state index contributed by atoms with van der Waals surface area (Å²) < 4.78 is 5.81. The lowest BCUT2D eigenvalue weighted by atomic mass is 10.0. The first-order valence-corrected chi connectivity index (χ1v) is 8.69. The van der Waals surface area contributed by atoms with E-state index in [1.165, 1.54) is 6.42 Å². The molecule has 0 aliphatic carbocycles. The van der Waals surface area contributed by atoms with Gasteiger partial charge in [0.2, 0.25) is 0 Å². The molecule has 0 spiro atoms. The average Bonchev–Trinajstić information content (AvgIpc) is 2.87. The molecule has 1 saturated heterocycles. The number of likely N-dealkylation sites (N-methyl/N-ethyl adjacent to an activating group) is 1. The minimum absolute atomic E-state index is 0. The first-order valence-electron chi connectivity index (χ1n) is 8.69. The van der Waals surface area contributed by atoms with Crippen molar-refractivity contribution in [1.82, 2.24) is 15.5 Å². The number of rotatable bonds is 8. The van der Waals surface area contributed by atoms with Crippen LogP contribution in [0.15, 0.2) is 4.99 Å². The Labute approximate surface area is 160 Å². The minimum atomic E-state index is -0.0821. The van der Waals surface area contributed by atoms with Crippen LogP contribution in [0.25, 0.3) is 0 Å². The molecule has 1 aliphatic heterocycles. The number of nitrogens with zero attached hydrogens (tertiary/aromatic N) is 2. The van der Waals surface area contributed by atoms with Crippen molar-refractivity contribution in [3.8, 4) is 0 Å². The summed E-state index contributed by atoms with van der Waals surface area (Å²) in [6, 6.07) is 0.516. The summed E-state index contributed by atoms with van der Waals surface area (Å²) in [5.74, 6) is 1.59. The highest BCUT2D eigenvalue weighted by Crippen LogP contribution is 2.24. The van der Waals surface area contributed by atoms with Gasteiger partial charge in [0.15, 0.2) is 5.96 Å². The molecule has 1 rings (SSSR count). The first kappa shape index (κ1) is 22.9. The molecule has 2 unspecified atom stereocenters. The Morgan fingerprint density at radius 1 is 1.30 bits per heavy atom. The Hall–Kier alpha value is -0.0800. The van der Waals surface area contributed by atoms with E-state index in [9.17, 15) is 0 Å². The Morgan fingerprint density at radius 2 is 2.00 bits per heavy atom. The van der Waals surface area contributed by atoms with Crippen LogP contribution >= 0.6 is 24.0 Å². The maximum Gasteiger partial charge on any atom is 0.191 e. The van der Waals surface area contributed by atoms with Gasteiger partial charge in [-0.05, 0) is 53.1 Å². The van der Waals surface area contributed by atoms with Crippen LogP contribution in [0.4, 0.5) is 0 Å². The fourth-order valence-corrected chi connectivity index (χ4v) is 2.78. The van der Waals surface area contributed by atoms with Crippen LogP contribution < -0.4 is 10.6 Å². The van der Waals surface area contributed by atoms with Crippen LogP contribution in [0.3, 0.4) is 0 Å². The van der Waals surface area contributed by atoms with Gasteiger partial charge in [0, 0.05) is 25.7 Å². The Morgan fingerprint density at radius 3 is 2.48 bits per heavy atom. The van der Waals surface area contributed by atoms with E-state index in [-0.39, 0.29) is 29.6 Å². The van der Waals surface area contributed by atoms with Crippen molar-refractivity contribution in [3.05, 3.63) is 0 Å². The predicted molar refractivity (Wildman–Crippen MR) is 110 cm³/mol. The van der Waals surface area contributed by atoms with Gasteiger partial charge in [0.05, 0.1) is 12.1 Å². The molecule has 0 aromatic heterocycles. The first-order chi connectivity index (χ1) is 10.4. The van der Waals surface area contributed by atoms with E-state index in [2.05, 4.69) is 57.3 Å². The standard InChI is InChI=1S/C17H36N4O.HI/c1-7-18-16(20-13-17(4)9-8-10-22-17)19-12-15(21(5)6)11-14(2)3;/h14-15H,7-13H2,1-6H3,(H2,18,19,20);1H. The SMILES string of the molecule is CCNC(=NCC1(C)CCCO1)NCC(CC(C)C)N(C)C.I. The molecule has 0 bridgehead atoms. The molecule has 1 aliphatic rings. The zero-order valence-electron chi connectivity index (χ0n) is 15.8. The molecule has 2 atom stereocenters. The number of guanidine groups is 1. The molecular weight excluding hydrogens is 403 g/mol. The third-order valence-corrected chi connectivity index (χ3v) is 4.20. The maximum atomic E-state index is 5.81. The number of halogens is 1. The van der Waals surface area contributed by atoms with E-state index in [0.29, 0.717) is 12.0 Å². The summed E-state index contributed by atoms with van der Waals surface area (Å²) >= 11 is 0. The third-order valence-electron chi connectivity index (χ3n) is 4.20. The van der Waals surface area contributed by atoms with E-state index < -0.39 is 0 Å². The monoisotopic (exact) mass is 440 g/mol. The summed E-state index contributed by atoms with van der Waals surface area (Å²) in [4.78, 5) is 7.02. The molecule has 6 heteroatoms. The molecule has 0 saturated carbocycles. The van der Waals surface area contributed by atoms with Crippen molar-refractivity contribution >= 4 is 29.9 Å². The third kappa shape index (κ3) is 9.10. The lowest BCUT2D eigenvalue weighted by molar-refractivity contribution is 0.0283. The van der Waals surface area contributed by atoms with E-state index in [1.807, 2.05) is 0 Å². The van der Waals surface area contributed by atoms with E-state index in [4.69, 9.17) is 9.73 Å². The summed E-state index contributed by atoms with van der Waals surface area (Å²) in [5.41, 5.74) is -0.0821. The van der Waals surface area contributed by atoms with Crippen LogP contribution in [0.1, 0.15) is 47.0 Å². The zero-order chi connectivity index (χ0) is 16.6. The number of hydrogen-bond donors (Lipinski definition) is 2. The molecule has 1 fully saturated rings. The van der Waals surface area contributed by atoms with Crippen molar-refractivity contribution in [2.45, 2.75) is 58.6 Å². The summed E-state index contributed by atoms with van der Waals surface area (Å²) in [7, 11) is 4.29. The van der Waals surface area contributed by atoms with E-state index >= 15 is 0 Å². The van der Waals surface area contributed by atoms with Crippen LogP contribution in [0, 0.1) is 5.92 Å². The molecule has 0 radical (unpaired) electrons. The molecule has 5 nitrogen and oxygen atoms in total. The Balaban J connectivity index is 0.00000484. The fourth-order valence-electron chi connectivity index (χ4n) is 2.78. The predicted octanol–water partition coefficient (Wildman–Crippen LogP) is 2.70. The highest BCUT2D eigenvalue weighted by Gasteiger charge is 2.29. The summed E-state index contributed by atoms with van der Waals surface area (Å²) in [6.45, 7) is 12.2. The largest absolute Gasteiger partial charge is 0.373 e. The minimum Gasteiger partial charge on any atom is -0.373 e. The molecule has 0 aromatic carbocycles. The fraction of sp³-hybridized carbons (Fsp3) is 0.941. The topological polar surface area (TPSA) is 48.9 Å². The summed E-state index contributed by atoms with van der Waals surface area (Å²) in [5, 5.41) is 6.83. The molecule has 0 amide bonds. The number of aliphatic imine (C=N–C) groups is 1. The number of hydrogen-bond acceptors (Lipinski definition) is 3. The lowest BCUT2D eigenvalue weighted by Gasteiger charge is -2.27. The molecular formula is C17H37IN4O. The Kier molecular flexibility index (Phi) is 11.4. The van der Waals surface area contributed by atoms with Gasteiger partial charge in [-0.3, -0.25) is 4.99 Å². The highest BCUT2D eigenvalue weighted by molar-refractivity contribution is 14.0. The lowest BCUT2D eigenvalue weighted by Crippen LogP contribution is -2.46. The molecule has 1 heterocycles. The number of nitrogens with one attached hydrogen (secondary N) is 2. The van der Waals surface area contributed by atoms with Crippen LogP contribution in [0.2, 0.25) is 0 Å². The molecule has 0 aromatic rings. The Bertz CT molecular complexity index is 341. The highest BCUT2D eigenvalue weighted by atomic mass is 127. The molecule has 23 heavy (non-hydrogen) atoms. The van der Waals surface area contributed by atoms with Gasteiger partial charge in [0.25, 0.3) is 0 Å². The second kappa shape index (κ2) is 11.5. The second-order valence-corrected chi connectivity index (χ2v) is 7.22. The van der Waals surface area contributed by atoms with Gasteiger partial charge in [-0.15, -0.1) is 24.0 Å². The van der Waals surface area contributed by atoms with Gasteiger partial charge in [-0.2, -0.15) is 0 Å². The zero-order valence-corrected chi connectivity index (χ0v) is 18.1. The van der Waals surface area contributed by atoms with E-state index in [0.717, 1.165) is 45.0 Å². The quantitative estimate of drug-likeness (QED) is 0.346. The second-order valence-electron chi connectivity index (χ2n) is 7.22. The van der Waals surface area contributed by atoms with Gasteiger partial charge in [-0.25, -0.2) is 0 Å². The smallest absolute Gasteiger partial charge is 0.191 e. The van der Waals surface area contributed by atoms with Crippen LogP contribution in [-0.4, -0.2) is 62.8 Å². The molecule has 2 N–H and O–H groups in total. The van der Waals surface area contributed by atoms with Crippen molar-refractivity contribution in [1.29, 1.82) is 0 Å². The van der Waals surface area contributed by atoms with Crippen molar-refractivity contribution < 1.29 is 4.74 Å². The maximum absolute atomic E-state index is 5.81. The van der Waals surface area contributed by atoms with E-state index in [1.54, 1.807) is 0 Å². The van der Waals surface area contributed by atoms with Gasteiger partial charge >= 0.3 is 0 Å². The van der Waals surface area contributed by atoms with Gasteiger partial charge < -0.3 is 20.3 Å². The van der Waals surface area contributed by atoms with Crippen LogP contribution in [0.5, 0.6) is 0 Å². The molecule has 138 valence electrons. The average molecular weight is 440 g/mol. The van der Waals surface area contributed by atoms with Crippen molar-refractivity contribution in [3.63, 3.8) is 0 Å². The van der Waals surface area contributed by atoms with Crippen LogP contribution in [-0.2, 0) is 4.74 Å². The van der Waals surface area contributed by atoms with Crippen molar-refractivity contribution in [2.24, 2.45) is 10.9 Å². The number of ether oxygens (including phenoxy) is 1. The summed E-state index contributed by atoms with van der Waals surface area (Å²) in [6.07, 6.45) is 3.43. The van der Waals surface area contributed by atoms with Crippen molar-refractivity contribution in [2.75, 3.05) is 40.3 Å². The van der Waals surface area contributed by atoms with Gasteiger partial charge in [0.1, 0.15) is 0 Å². The normalized spacial score (nSPS) is 23.0.